The lowest BCUT2D eigenvalue weighted by molar-refractivity contribution is -0.114. The van der Waals surface area contributed by atoms with E-state index in [2.05, 4.69) is 6.92 Å². The van der Waals surface area contributed by atoms with Crippen LogP contribution in [-0.4, -0.2) is 18.7 Å². The molecule has 4 nitrogen and oxygen atoms in total. The first-order valence-electron chi connectivity index (χ1n) is 8.53. The molecule has 0 bridgehead atoms. The van der Waals surface area contributed by atoms with Crippen molar-refractivity contribution in [3.05, 3.63) is 0 Å². The normalized spacial score (nSPS) is 11.8. The first-order valence-corrected chi connectivity index (χ1v) is 10.1. The van der Waals surface area contributed by atoms with Crippen molar-refractivity contribution >= 4 is 13.1 Å². The Hall–Kier alpha value is -0.180. The number of hydrogen-bond acceptors (Lipinski definition) is 4. The Bertz CT molecular complexity index is 295. The third-order valence-corrected chi connectivity index (χ3v) is 5.43. The van der Waals surface area contributed by atoms with Gasteiger partial charge in [-0.15, -0.1) is 0 Å². The van der Waals surface area contributed by atoms with E-state index in [0.29, 0.717) is 6.42 Å². The molecule has 0 atom stereocenters. The van der Waals surface area contributed by atoms with Gasteiger partial charge >= 0.3 is 7.60 Å². The van der Waals surface area contributed by atoms with E-state index in [9.17, 15) is 9.36 Å². The van der Waals surface area contributed by atoms with Gasteiger partial charge in [-0.25, -0.2) is 0 Å². The molecule has 0 amide bonds. The molecule has 0 aliphatic rings. The summed E-state index contributed by atoms with van der Waals surface area (Å²) in [4.78, 5) is 11.9. The Kier molecular flexibility index (Phi) is 13.4. The summed E-state index contributed by atoms with van der Waals surface area (Å²) >= 11 is 0. The Balaban J connectivity index is 3.70. The van der Waals surface area contributed by atoms with Crippen LogP contribution in [0, 0.1) is 0 Å². The van der Waals surface area contributed by atoms with Gasteiger partial charge in [-0.2, -0.15) is 0 Å². The van der Waals surface area contributed by atoms with Crippen molar-refractivity contribution < 1.29 is 18.4 Å². The zero-order chi connectivity index (χ0) is 16.0. The van der Waals surface area contributed by atoms with Crippen LogP contribution in [0.2, 0.25) is 0 Å². The van der Waals surface area contributed by atoms with Crippen LogP contribution in [0.25, 0.3) is 0 Å². The van der Waals surface area contributed by atoms with Crippen molar-refractivity contribution in [2.75, 3.05) is 13.2 Å². The van der Waals surface area contributed by atoms with Gasteiger partial charge in [0.25, 0.3) is 0 Å². The largest absolute Gasteiger partial charge is 0.396 e. The summed E-state index contributed by atoms with van der Waals surface area (Å²) in [6, 6.07) is 0. The van der Waals surface area contributed by atoms with Gasteiger partial charge in [0.2, 0.25) is 5.52 Å². The summed E-state index contributed by atoms with van der Waals surface area (Å²) in [6.07, 6.45) is 11.0. The Morgan fingerprint density at radius 1 is 0.762 bits per heavy atom. The second kappa shape index (κ2) is 13.5. The summed E-state index contributed by atoms with van der Waals surface area (Å²) in [5, 5.41) is 0. The van der Waals surface area contributed by atoms with Gasteiger partial charge in [-0.1, -0.05) is 58.3 Å². The highest BCUT2D eigenvalue weighted by atomic mass is 31.2. The summed E-state index contributed by atoms with van der Waals surface area (Å²) in [5.41, 5.74) is -0.367. The molecule has 0 saturated heterocycles. The fraction of sp³-hybridized carbons (Fsp3) is 0.938. The Morgan fingerprint density at radius 2 is 1.19 bits per heavy atom. The second-order valence-electron chi connectivity index (χ2n) is 5.31. The molecule has 21 heavy (non-hydrogen) atoms. The number of hydrogen-bond donors (Lipinski definition) is 0. The molecule has 0 aromatic carbocycles. The monoisotopic (exact) mass is 320 g/mol. The number of unbranched alkanes of at least 4 members (excludes halogenated alkanes) is 8. The minimum atomic E-state index is -3.52. The quantitative estimate of drug-likeness (QED) is 0.287. The zero-order valence-electron chi connectivity index (χ0n) is 14.1. The molecule has 0 N–H and O–H groups in total. The summed E-state index contributed by atoms with van der Waals surface area (Å²) in [5.74, 6) is 0. The molecule has 0 unspecified atom stereocenters. The highest BCUT2D eigenvalue weighted by Gasteiger charge is 2.32. The molecule has 0 aliphatic heterocycles. The van der Waals surface area contributed by atoms with Crippen LogP contribution in [-0.2, 0) is 18.4 Å². The fourth-order valence-electron chi connectivity index (χ4n) is 2.24. The SMILES string of the molecule is CCCCCCCCCCCC(=O)P(=O)(OCC)OCC. The Morgan fingerprint density at radius 3 is 1.62 bits per heavy atom. The maximum absolute atomic E-state index is 12.2. The standard InChI is InChI=1S/C16H33O4P/c1-4-7-8-9-10-11-12-13-14-15-16(17)21(18,19-5-2)20-6-3/h4-15H2,1-3H3. The average molecular weight is 320 g/mol. The van der Waals surface area contributed by atoms with Crippen LogP contribution in [0.15, 0.2) is 0 Å². The molecule has 0 aromatic rings. The van der Waals surface area contributed by atoms with Crippen LogP contribution in [0.5, 0.6) is 0 Å². The van der Waals surface area contributed by atoms with Gasteiger partial charge < -0.3 is 9.05 Å². The zero-order valence-corrected chi connectivity index (χ0v) is 15.0. The predicted octanol–water partition coefficient (Wildman–Crippen LogP) is 5.70. The van der Waals surface area contributed by atoms with Gasteiger partial charge in [-0.3, -0.25) is 9.36 Å². The minimum Gasteiger partial charge on any atom is -0.303 e. The summed E-state index contributed by atoms with van der Waals surface area (Å²) in [7, 11) is -3.52. The van der Waals surface area contributed by atoms with E-state index in [1.807, 2.05) is 0 Å². The molecule has 0 aromatic heterocycles. The molecule has 0 radical (unpaired) electrons. The van der Waals surface area contributed by atoms with Crippen molar-refractivity contribution in [1.29, 1.82) is 0 Å². The van der Waals surface area contributed by atoms with Crippen LogP contribution >= 0.6 is 7.60 Å². The van der Waals surface area contributed by atoms with E-state index in [4.69, 9.17) is 9.05 Å². The maximum Gasteiger partial charge on any atom is 0.396 e. The van der Waals surface area contributed by atoms with E-state index in [0.717, 1.165) is 19.3 Å². The lowest BCUT2D eigenvalue weighted by atomic mass is 10.1. The third-order valence-electron chi connectivity index (χ3n) is 3.40. The average Bonchev–Trinajstić information content (AvgIpc) is 2.45. The molecule has 5 heteroatoms. The summed E-state index contributed by atoms with van der Waals surface area (Å²) in [6.45, 7) is 6.14. The maximum atomic E-state index is 12.2. The fourth-order valence-corrected chi connectivity index (χ4v) is 3.72. The van der Waals surface area contributed by atoms with E-state index in [1.165, 1.54) is 38.5 Å². The Labute approximate surface area is 130 Å². The smallest absolute Gasteiger partial charge is 0.303 e. The molecule has 126 valence electrons. The molecule has 0 fully saturated rings. The van der Waals surface area contributed by atoms with E-state index < -0.39 is 7.60 Å². The summed E-state index contributed by atoms with van der Waals surface area (Å²) < 4.78 is 22.3. The van der Waals surface area contributed by atoms with Gasteiger partial charge in [-0.05, 0) is 20.3 Å². The second-order valence-corrected chi connectivity index (χ2v) is 7.32. The molecule has 0 aliphatic carbocycles. The molecule has 0 saturated carbocycles. The number of carbonyl (C=O) groups excluding carboxylic acids is 1. The molecular weight excluding hydrogens is 287 g/mol. The molecule has 0 rings (SSSR count). The highest BCUT2D eigenvalue weighted by molar-refractivity contribution is 7.71. The van der Waals surface area contributed by atoms with Crippen molar-refractivity contribution in [1.82, 2.24) is 0 Å². The minimum absolute atomic E-state index is 0.237. The highest BCUT2D eigenvalue weighted by Crippen LogP contribution is 2.50. The van der Waals surface area contributed by atoms with Crippen LogP contribution in [0.4, 0.5) is 0 Å². The predicted molar refractivity (Wildman–Crippen MR) is 87.7 cm³/mol. The number of rotatable bonds is 15. The molecule has 0 spiro atoms. The lowest BCUT2D eigenvalue weighted by Gasteiger charge is -2.15. The number of carbonyl (C=O) groups is 1. The van der Waals surface area contributed by atoms with Crippen LogP contribution in [0.1, 0.15) is 85.0 Å². The molecular formula is C16H33O4P. The van der Waals surface area contributed by atoms with Gasteiger partial charge in [0.1, 0.15) is 0 Å². The first-order chi connectivity index (χ1) is 10.1. The first kappa shape index (κ1) is 20.8. The molecule has 0 heterocycles. The van der Waals surface area contributed by atoms with E-state index in [1.54, 1.807) is 13.8 Å². The van der Waals surface area contributed by atoms with Crippen molar-refractivity contribution in [2.24, 2.45) is 0 Å². The van der Waals surface area contributed by atoms with Crippen molar-refractivity contribution in [3.63, 3.8) is 0 Å². The van der Waals surface area contributed by atoms with Crippen molar-refractivity contribution in [2.45, 2.75) is 85.0 Å². The van der Waals surface area contributed by atoms with Gasteiger partial charge in [0.15, 0.2) is 0 Å². The van der Waals surface area contributed by atoms with E-state index >= 15 is 0 Å². The lowest BCUT2D eigenvalue weighted by Crippen LogP contribution is -2.07. The van der Waals surface area contributed by atoms with E-state index in [-0.39, 0.29) is 18.7 Å². The van der Waals surface area contributed by atoms with Gasteiger partial charge in [0.05, 0.1) is 13.2 Å². The van der Waals surface area contributed by atoms with Crippen LogP contribution < -0.4 is 0 Å². The van der Waals surface area contributed by atoms with Crippen LogP contribution in [0.3, 0.4) is 0 Å². The topological polar surface area (TPSA) is 52.6 Å². The van der Waals surface area contributed by atoms with Crippen molar-refractivity contribution in [3.8, 4) is 0 Å². The van der Waals surface area contributed by atoms with Gasteiger partial charge in [0, 0.05) is 6.42 Å². The third kappa shape index (κ3) is 10.2.